The van der Waals surface area contributed by atoms with Crippen molar-refractivity contribution in [1.29, 1.82) is 0 Å². The van der Waals surface area contributed by atoms with Crippen LogP contribution in [0.25, 0.3) is 0 Å². The number of anilines is 2. The summed E-state index contributed by atoms with van der Waals surface area (Å²) in [4.78, 5) is 39.8. The molecule has 0 atom stereocenters. The van der Waals surface area contributed by atoms with Gasteiger partial charge in [-0.25, -0.2) is 0 Å². The van der Waals surface area contributed by atoms with Gasteiger partial charge in [-0.3, -0.25) is 14.4 Å². The Morgan fingerprint density at radius 1 is 1.03 bits per heavy atom. The van der Waals surface area contributed by atoms with Crippen molar-refractivity contribution >= 4 is 29.1 Å². The molecule has 0 aliphatic carbocycles. The fourth-order valence-electron chi connectivity index (χ4n) is 3.21. The van der Waals surface area contributed by atoms with Crippen LogP contribution in [0.3, 0.4) is 0 Å². The van der Waals surface area contributed by atoms with Crippen molar-refractivity contribution in [3.63, 3.8) is 0 Å². The van der Waals surface area contributed by atoms with Crippen LogP contribution in [0.4, 0.5) is 11.4 Å². The molecule has 1 heterocycles. The first-order valence-corrected chi connectivity index (χ1v) is 9.76. The number of nitrogens with zero attached hydrogens (tertiary/aromatic N) is 2. The van der Waals surface area contributed by atoms with E-state index < -0.39 is 0 Å². The summed E-state index contributed by atoms with van der Waals surface area (Å²) in [6.45, 7) is 1.78. The fraction of sp³-hybridized carbons (Fsp3) is 0.318. The van der Waals surface area contributed by atoms with Crippen molar-refractivity contribution in [3.05, 3.63) is 60.2 Å². The molecule has 3 rings (SSSR count). The van der Waals surface area contributed by atoms with Crippen molar-refractivity contribution < 1.29 is 14.4 Å². The molecule has 0 aromatic heterocycles. The van der Waals surface area contributed by atoms with E-state index in [1.54, 1.807) is 29.2 Å². The Labute approximate surface area is 170 Å². The first kappa shape index (κ1) is 20.4. The number of nitrogens with one attached hydrogen (secondary N) is 2. The standard InChI is InChI=1S/C22H26N4O3/c1-25(18-6-3-2-4-7-18)15-13-23-20(27)16-24-22(29)17-9-11-19(12-10-17)26-14-5-8-21(26)28/h2-4,6-7,9-12H,5,8,13-16H2,1H3,(H,23,27)(H,24,29). The highest BCUT2D eigenvalue weighted by atomic mass is 16.2. The number of likely N-dealkylation sites (N-methyl/N-ethyl adjacent to an activating group) is 1. The van der Waals surface area contributed by atoms with Gasteiger partial charge < -0.3 is 20.4 Å². The summed E-state index contributed by atoms with van der Waals surface area (Å²) in [6, 6.07) is 16.8. The maximum atomic E-state index is 12.2. The molecule has 0 unspecified atom stereocenters. The van der Waals surface area contributed by atoms with E-state index in [-0.39, 0.29) is 24.3 Å². The Bertz CT molecular complexity index is 852. The molecule has 1 fully saturated rings. The fourth-order valence-corrected chi connectivity index (χ4v) is 3.21. The van der Waals surface area contributed by atoms with E-state index in [1.807, 2.05) is 42.3 Å². The molecule has 0 bridgehead atoms. The largest absolute Gasteiger partial charge is 0.373 e. The first-order valence-electron chi connectivity index (χ1n) is 9.76. The summed E-state index contributed by atoms with van der Waals surface area (Å²) in [5.74, 6) is -0.447. The van der Waals surface area contributed by atoms with Gasteiger partial charge in [0.1, 0.15) is 0 Å². The van der Waals surface area contributed by atoms with Crippen molar-refractivity contribution in [1.82, 2.24) is 10.6 Å². The third-order valence-electron chi connectivity index (χ3n) is 4.89. The van der Waals surface area contributed by atoms with Gasteiger partial charge in [-0.05, 0) is 42.8 Å². The number of para-hydroxylation sites is 1. The Kier molecular flexibility index (Phi) is 6.84. The lowest BCUT2D eigenvalue weighted by molar-refractivity contribution is -0.120. The molecule has 0 radical (unpaired) electrons. The Balaban J connectivity index is 1.39. The maximum absolute atomic E-state index is 12.2. The smallest absolute Gasteiger partial charge is 0.251 e. The molecule has 1 saturated heterocycles. The second kappa shape index (κ2) is 9.73. The van der Waals surface area contributed by atoms with Crippen molar-refractivity contribution in [3.8, 4) is 0 Å². The zero-order valence-corrected chi connectivity index (χ0v) is 16.6. The lowest BCUT2D eigenvalue weighted by Crippen LogP contribution is -2.40. The van der Waals surface area contributed by atoms with E-state index in [0.717, 1.165) is 17.8 Å². The summed E-state index contributed by atoms with van der Waals surface area (Å²) in [5.41, 5.74) is 2.33. The zero-order valence-electron chi connectivity index (χ0n) is 16.6. The van der Waals surface area contributed by atoms with Crippen LogP contribution in [0, 0.1) is 0 Å². The zero-order chi connectivity index (χ0) is 20.6. The van der Waals surface area contributed by atoms with Gasteiger partial charge in [0.05, 0.1) is 6.54 Å². The number of carbonyl (C=O) groups excluding carboxylic acids is 3. The summed E-state index contributed by atoms with van der Waals surface area (Å²) in [5, 5.41) is 5.42. The highest BCUT2D eigenvalue weighted by molar-refractivity contribution is 5.98. The van der Waals surface area contributed by atoms with E-state index in [4.69, 9.17) is 0 Å². The third-order valence-corrected chi connectivity index (χ3v) is 4.89. The van der Waals surface area contributed by atoms with E-state index in [9.17, 15) is 14.4 Å². The van der Waals surface area contributed by atoms with Gasteiger partial charge in [-0.15, -0.1) is 0 Å². The lowest BCUT2D eigenvalue weighted by Gasteiger charge is -2.19. The molecule has 2 aromatic rings. The Hall–Kier alpha value is -3.35. The average Bonchev–Trinajstić information content (AvgIpc) is 3.18. The minimum atomic E-state index is -0.319. The molecule has 1 aliphatic heterocycles. The summed E-state index contributed by atoms with van der Waals surface area (Å²) in [6.07, 6.45) is 1.43. The average molecular weight is 394 g/mol. The number of rotatable bonds is 8. The minimum absolute atomic E-state index is 0.0831. The van der Waals surface area contributed by atoms with Crippen molar-refractivity contribution in [2.75, 3.05) is 43.0 Å². The van der Waals surface area contributed by atoms with Gasteiger partial charge in [0, 0.05) is 50.0 Å². The predicted octanol–water partition coefficient (Wildman–Crippen LogP) is 1.80. The molecular formula is C22H26N4O3. The van der Waals surface area contributed by atoms with Crippen molar-refractivity contribution in [2.24, 2.45) is 0 Å². The molecule has 7 nitrogen and oxygen atoms in total. The molecule has 1 aliphatic rings. The van der Waals surface area contributed by atoms with Crippen LogP contribution < -0.4 is 20.4 Å². The summed E-state index contributed by atoms with van der Waals surface area (Å²) >= 11 is 0. The van der Waals surface area contributed by atoms with Gasteiger partial charge in [0.2, 0.25) is 11.8 Å². The number of hydrogen-bond donors (Lipinski definition) is 2. The highest BCUT2D eigenvalue weighted by Gasteiger charge is 2.21. The number of carbonyl (C=O) groups is 3. The van der Waals surface area contributed by atoms with Crippen LogP contribution in [0.2, 0.25) is 0 Å². The van der Waals surface area contributed by atoms with E-state index in [1.165, 1.54) is 0 Å². The summed E-state index contributed by atoms with van der Waals surface area (Å²) in [7, 11) is 1.96. The topological polar surface area (TPSA) is 81.8 Å². The van der Waals surface area contributed by atoms with Crippen LogP contribution in [0.5, 0.6) is 0 Å². The highest BCUT2D eigenvalue weighted by Crippen LogP contribution is 2.21. The first-order chi connectivity index (χ1) is 14.0. The number of amides is 3. The SMILES string of the molecule is CN(CCNC(=O)CNC(=O)c1ccc(N2CCCC2=O)cc1)c1ccccc1. The van der Waals surface area contributed by atoms with Crippen LogP contribution >= 0.6 is 0 Å². The van der Waals surface area contributed by atoms with Gasteiger partial charge in [0.25, 0.3) is 5.91 Å². The van der Waals surface area contributed by atoms with Crippen LogP contribution in [-0.2, 0) is 9.59 Å². The second-order valence-corrected chi connectivity index (χ2v) is 6.99. The van der Waals surface area contributed by atoms with E-state index in [2.05, 4.69) is 10.6 Å². The quantitative estimate of drug-likeness (QED) is 0.715. The summed E-state index contributed by atoms with van der Waals surface area (Å²) < 4.78 is 0. The normalized spacial score (nSPS) is 13.3. The second-order valence-electron chi connectivity index (χ2n) is 6.99. The van der Waals surface area contributed by atoms with Crippen molar-refractivity contribution in [2.45, 2.75) is 12.8 Å². The molecule has 0 saturated carbocycles. The van der Waals surface area contributed by atoms with Crippen LogP contribution in [0.15, 0.2) is 54.6 Å². The molecule has 7 heteroatoms. The molecule has 0 spiro atoms. The van der Waals surface area contributed by atoms with Gasteiger partial charge in [0.15, 0.2) is 0 Å². The number of hydrogen-bond acceptors (Lipinski definition) is 4. The van der Waals surface area contributed by atoms with Gasteiger partial charge in [-0.1, -0.05) is 18.2 Å². The molecule has 2 aromatic carbocycles. The van der Waals surface area contributed by atoms with E-state index >= 15 is 0 Å². The third kappa shape index (κ3) is 5.57. The molecule has 29 heavy (non-hydrogen) atoms. The van der Waals surface area contributed by atoms with Crippen LogP contribution in [-0.4, -0.2) is 50.9 Å². The minimum Gasteiger partial charge on any atom is -0.373 e. The maximum Gasteiger partial charge on any atom is 0.251 e. The lowest BCUT2D eigenvalue weighted by atomic mass is 10.2. The van der Waals surface area contributed by atoms with Gasteiger partial charge in [-0.2, -0.15) is 0 Å². The molecule has 2 N–H and O–H groups in total. The molecule has 3 amide bonds. The molecule has 152 valence electrons. The van der Waals surface area contributed by atoms with Crippen LogP contribution in [0.1, 0.15) is 23.2 Å². The predicted molar refractivity (Wildman–Crippen MR) is 113 cm³/mol. The monoisotopic (exact) mass is 394 g/mol. The Morgan fingerprint density at radius 3 is 2.41 bits per heavy atom. The number of benzene rings is 2. The van der Waals surface area contributed by atoms with E-state index in [0.29, 0.717) is 31.6 Å². The van der Waals surface area contributed by atoms with Gasteiger partial charge >= 0.3 is 0 Å². The Morgan fingerprint density at radius 2 is 1.76 bits per heavy atom. The molecular weight excluding hydrogens is 368 g/mol.